The lowest BCUT2D eigenvalue weighted by Gasteiger charge is -2.29. The molecule has 0 saturated heterocycles. The average molecular weight is 845 g/mol. The van der Waals surface area contributed by atoms with Crippen LogP contribution in [-0.2, 0) is 11.5 Å². The molecule has 1 radical (unpaired) electrons. The highest BCUT2D eigenvalue weighted by molar-refractivity contribution is 9.39. The molecule has 0 aliphatic carbocycles. The summed E-state index contributed by atoms with van der Waals surface area (Å²) in [5, 5.41) is 11.9. The smallest absolute Gasteiger partial charge is 0.179 e. The first-order chi connectivity index (χ1) is 8.24. The van der Waals surface area contributed by atoms with Crippen LogP contribution in [0.4, 0.5) is 0 Å². The fourth-order valence-electron chi connectivity index (χ4n) is 1.37. The summed E-state index contributed by atoms with van der Waals surface area (Å²) in [5.74, 6) is -0.115. The summed E-state index contributed by atoms with van der Waals surface area (Å²) in [7, 11) is 0. The van der Waals surface area contributed by atoms with E-state index in [2.05, 4.69) is 143 Å². The molecule has 10 heteroatoms. The standard InChI is InChI=1S/C9H2Br9O/c10-7(11,12)4-1-3(19)2-5(8(13,14)15)6(4)9(16,17)18/h1-2H. The molecule has 0 atom stereocenters. The number of halogens is 9. The van der Waals surface area contributed by atoms with Crippen LogP contribution >= 0.6 is 143 Å². The molecular weight excluding hydrogens is 843 g/mol. The number of alkyl halides is 9. The van der Waals surface area contributed by atoms with E-state index in [0.29, 0.717) is 11.1 Å². The van der Waals surface area contributed by atoms with Gasteiger partial charge >= 0.3 is 0 Å². The predicted molar refractivity (Wildman–Crippen MR) is 112 cm³/mol. The summed E-state index contributed by atoms with van der Waals surface area (Å²) in [6.07, 6.45) is 0. The maximum Gasteiger partial charge on any atom is 0.179 e. The van der Waals surface area contributed by atoms with Crippen molar-refractivity contribution in [2.75, 3.05) is 0 Å². The van der Waals surface area contributed by atoms with Crippen LogP contribution in [0, 0.1) is 0 Å². The number of benzene rings is 1. The van der Waals surface area contributed by atoms with Gasteiger partial charge in [0.2, 0.25) is 0 Å². The Morgan fingerprint density at radius 1 is 0.632 bits per heavy atom. The van der Waals surface area contributed by atoms with E-state index in [1.54, 1.807) is 0 Å². The molecule has 0 bridgehead atoms. The van der Waals surface area contributed by atoms with Crippen molar-refractivity contribution >= 4 is 143 Å². The Morgan fingerprint density at radius 2 is 0.947 bits per heavy atom. The number of hydrogen-bond donors (Lipinski definition) is 0. The van der Waals surface area contributed by atoms with Gasteiger partial charge in [-0.15, -0.1) is 0 Å². The quantitative estimate of drug-likeness (QED) is 0.233. The van der Waals surface area contributed by atoms with Gasteiger partial charge < -0.3 is 0 Å². The Morgan fingerprint density at radius 3 is 1.16 bits per heavy atom. The maximum absolute atomic E-state index is 11.9. The van der Waals surface area contributed by atoms with Crippen molar-refractivity contribution < 1.29 is 5.11 Å². The second kappa shape index (κ2) is 7.07. The summed E-state index contributed by atoms with van der Waals surface area (Å²) in [6.45, 7) is 0. The van der Waals surface area contributed by atoms with E-state index in [4.69, 9.17) is 0 Å². The molecule has 0 saturated carbocycles. The first-order valence-corrected chi connectivity index (χ1v) is 11.4. The summed E-state index contributed by atoms with van der Waals surface area (Å²) in [4.78, 5) is 0. The van der Waals surface area contributed by atoms with Crippen molar-refractivity contribution in [2.45, 2.75) is 6.43 Å². The minimum absolute atomic E-state index is 0.115. The van der Waals surface area contributed by atoms with E-state index in [-0.39, 0.29) is 5.75 Å². The van der Waals surface area contributed by atoms with Crippen LogP contribution in [-0.4, -0.2) is 0 Å². The Balaban J connectivity index is 3.80. The Hall–Kier alpha value is 3.34. The highest BCUT2D eigenvalue weighted by Gasteiger charge is 2.39. The molecule has 1 nitrogen and oxygen atoms in total. The SMILES string of the molecule is [O]c1cc(C(Br)(Br)Br)c(C(Br)(Br)Br)c(C(Br)(Br)Br)c1. The van der Waals surface area contributed by atoms with Crippen molar-refractivity contribution in [2.24, 2.45) is 0 Å². The van der Waals surface area contributed by atoms with Crippen LogP contribution in [0.3, 0.4) is 0 Å². The van der Waals surface area contributed by atoms with Gasteiger partial charge in [-0.1, -0.05) is 143 Å². The molecule has 0 N–H and O–H groups in total. The monoisotopic (exact) mass is 836 g/mol. The third-order valence-corrected chi connectivity index (χ3v) is 5.76. The molecule has 0 spiro atoms. The molecule has 0 unspecified atom stereocenters. The average Bonchev–Trinajstić information content (AvgIpc) is 2.11. The van der Waals surface area contributed by atoms with Gasteiger partial charge in [0.15, 0.2) is 12.2 Å². The molecule has 1 aromatic rings. The molecule has 0 aliphatic rings. The fraction of sp³-hybridized carbons (Fsp3) is 0.333. The van der Waals surface area contributed by atoms with Crippen LogP contribution in [0.15, 0.2) is 12.1 Å². The van der Waals surface area contributed by atoms with Gasteiger partial charge in [0.1, 0.15) is 0 Å². The molecule has 0 aliphatic heterocycles. The predicted octanol–water partition coefficient (Wildman–Crippen LogP) is 8.72. The van der Waals surface area contributed by atoms with Gasteiger partial charge in [0.25, 0.3) is 0 Å². The summed E-state index contributed by atoms with van der Waals surface area (Å²) in [6, 6.07) is 3.07. The van der Waals surface area contributed by atoms with E-state index < -0.39 is 6.43 Å². The second-order valence-corrected chi connectivity index (χ2v) is 23.7. The summed E-state index contributed by atoms with van der Waals surface area (Å²) < 4.78 is -2.15. The lowest BCUT2D eigenvalue weighted by Crippen LogP contribution is -2.16. The van der Waals surface area contributed by atoms with E-state index >= 15 is 0 Å². The molecule has 19 heavy (non-hydrogen) atoms. The summed E-state index contributed by atoms with van der Waals surface area (Å²) >= 11 is 31.2. The number of hydrogen-bond acceptors (Lipinski definition) is 0. The van der Waals surface area contributed by atoms with Crippen molar-refractivity contribution in [3.05, 3.63) is 28.8 Å². The van der Waals surface area contributed by atoms with Gasteiger partial charge in [-0.05, 0) is 12.1 Å². The highest BCUT2D eigenvalue weighted by atomic mass is 80.0. The van der Waals surface area contributed by atoms with E-state index in [1.807, 2.05) is 0 Å². The Bertz CT molecular complexity index is 445. The van der Waals surface area contributed by atoms with Gasteiger partial charge in [0.05, 0.1) is 0 Å². The zero-order chi connectivity index (χ0) is 15.2. The van der Waals surface area contributed by atoms with E-state index in [1.165, 1.54) is 12.1 Å². The van der Waals surface area contributed by atoms with Crippen LogP contribution in [0.2, 0.25) is 0 Å². The largest absolute Gasteiger partial charge is 0.290 e. The normalized spacial score (nSPS) is 13.7. The molecule has 0 amide bonds. The van der Waals surface area contributed by atoms with Crippen LogP contribution in [0.1, 0.15) is 16.7 Å². The molecule has 107 valence electrons. The van der Waals surface area contributed by atoms with Crippen molar-refractivity contribution in [1.82, 2.24) is 0 Å². The van der Waals surface area contributed by atoms with E-state index in [0.717, 1.165) is 5.56 Å². The van der Waals surface area contributed by atoms with Crippen molar-refractivity contribution in [3.8, 4) is 5.75 Å². The molecule has 1 aromatic carbocycles. The van der Waals surface area contributed by atoms with Gasteiger partial charge in [-0.2, -0.15) is 0 Å². The van der Waals surface area contributed by atoms with Gasteiger partial charge in [0, 0.05) is 16.7 Å². The minimum atomic E-state index is -0.726. The highest BCUT2D eigenvalue weighted by Crippen LogP contribution is 2.59. The van der Waals surface area contributed by atoms with Crippen molar-refractivity contribution in [1.29, 1.82) is 0 Å². The van der Waals surface area contributed by atoms with Crippen LogP contribution in [0.5, 0.6) is 5.75 Å². The lowest BCUT2D eigenvalue weighted by molar-refractivity contribution is 0.354. The molecule has 1 rings (SSSR count). The minimum Gasteiger partial charge on any atom is -0.290 e. The van der Waals surface area contributed by atoms with E-state index in [9.17, 15) is 5.11 Å². The van der Waals surface area contributed by atoms with Gasteiger partial charge in [-0.3, -0.25) is 5.11 Å². The molecule has 0 heterocycles. The zero-order valence-corrected chi connectivity index (χ0v) is 22.7. The topological polar surface area (TPSA) is 19.9 Å². The first kappa shape index (κ1) is 20.4. The molecule has 0 fully saturated rings. The van der Waals surface area contributed by atoms with Crippen molar-refractivity contribution in [3.63, 3.8) is 0 Å². The fourth-order valence-corrected chi connectivity index (χ4v) is 4.53. The van der Waals surface area contributed by atoms with Gasteiger partial charge in [-0.25, -0.2) is 0 Å². The third-order valence-electron chi connectivity index (χ3n) is 2.01. The zero-order valence-electron chi connectivity index (χ0n) is 8.46. The summed E-state index contributed by atoms with van der Waals surface area (Å²) in [5.41, 5.74) is 2.23. The van der Waals surface area contributed by atoms with Crippen LogP contribution in [0.25, 0.3) is 0 Å². The third kappa shape index (κ3) is 5.72. The molecule has 0 aromatic heterocycles. The number of rotatable bonds is 0. The Kier molecular flexibility index (Phi) is 7.58. The second-order valence-electron chi connectivity index (χ2n) is 3.39. The van der Waals surface area contributed by atoms with Crippen LogP contribution < -0.4 is 0 Å². The Labute approximate surface area is 186 Å². The first-order valence-electron chi connectivity index (χ1n) is 4.31. The lowest BCUT2D eigenvalue weighted by atomic mass is 10.0. The molecular formula is C9H2Br9O. The maximum atomic E-state index is 11.9.